The van der Waals surface area contributed by atoms with Gasteiger partial charge in [0, 0.05) is 11.0 Å². The molecule has 1 aromatic carbocycles. The maximum Gasteiger partial charge on any atom is 0.344 e. The van der Waals surface area contributed by atoms with Crippen LogP contribution in [-0.2, 0) is 16.1 Å². The minimum absolute atomic E-state index is 0.0512. The van der Waals surface area contributed by atoms with Crippen LogP contribution in [0.1, 0.15) is 25.3 Å². The molecule has 1 rings (SSSR count). The summed E-state index contributed by atoms with van der Waals surface area (Å²) in [6.45, 7) is 3.20. The van der Waals surface area contributed by atoms with Gasteiger partial charge >= 0.3 is 5.97 Å². The smallest absolute Gasteiger partial charge is 0.344 e. The normalized spacial score (nSPS) is 10.3. The van der Waals surface area contributed by atoms with Crippen molar-refractivity contribution in [2.24, 2.45) is 0 Å². The molecule has 19 heavy (non-hydrogen) atoms. The van der Waals surface area contributed by atoms with Crippen LogP contribution in [0.5, 0.6) is 5.75 Å². The zero-order valence-electron chi connectivity index (χ0n) is 11.4. The minimum Gasteiger partial charge on any atom is -0.482 e. The first-order valence-corrected chi connectivity index (χ1v) is 7.18. The van der Waals surface area contributed by atoms with Crippen LogP contribution in [-0.4, -0.2) is 26.2 Å². The van der Waals surface area contributed by atoms with E-state index in [1.54, 1.807) is 0 Å². The summed E-state index contributed by atoms with van der Waals surface area (Å²) in [4.78, 5) is 11.4. The molecule has 0 bridgehead atoms. The summed E-state index contributed by atoms with van der Waals surface area (Å²) in [6, 6.07) is 5.63. The number of nitrogens with one attached hydrogen (secondary N) is 1. The molecule has 1 aromatic rings. The van der Waals surface area contributed by atoms with Gasteiger partial charge in [0.2, 0.25) is 0 Å². The first kappa shape index (κ1) is 16.0. The maximum absolute atomic E-state index is 11.4. The largest absolute Gasteiger partial charge is 0.482 e. The monoisotopic (exact) mass is 329 g/mol. The quantitative estimate of drug-likeness (QED) is 0.588. The minimum atomic E-state index is -0.327. The second-order valence-electron chi connectivity index (χ2n) is 4.15. The van der Waals surface area contributed by atoms with E-state index in [0.29, 0.717) is 12.4 Å². The van der Waals surface area contributed by atoms with Crippen molar-refractivity contribution in [3.63, 3.8) is 0 Å². The van der Waals surface area contributed by atoms with Crippen molar-refractivity contribution in [3.05, 3.63) is 28.2 Å². The van der Waals surface area contributed by atoms with Gasteiger partial charge in [-0.1, -0.05) is 29.3 Å². The summed E-state index contributed by atoms with van der Waals surface area (Å²) in [5.41, 5.74) is 1.08. The molecule has 0 fully saturated rings. The number of unbranched alkanes of at least 4 members (excludes halogenated alkanes) is 1. The van der Waals surface area contributed by atoms with Gasteiger partial charge in [0.1, 0.15) is 5.75 Å². The molecule has 0 radical (unpaired) electrons. The predicted octanol–water partition coefficient (Wildman–Crippen LogP) is 2.89. The molecule has 0 aromatic heterocycles. The molecule has 0 saturated carbocycles. The topological polar surface area (TPSA) is 47.6 Å². The highest BCUT2D eigenvalue weighted by molar-refractivity contribution is 9.10. The van der Waals surface area contributed by atoms with E-state index < -0.39 is 0 Å². The molecule has 5 heteroatoms. The molecule has 0 atom stereocenters. The molecular weight excluding hydrogens is 310 g/mol. The highest BCUT2D eigenvalue weighted by Gasteiger charge is 2.06. The van der Waals surface area contributed by atoms with Gasteiger partial charge in [-0.05, 0) is 37.2 Å². The zero-order chi connectivity index (χ0) is 14.1. The Morgan fingerprint density at radius 3 is 2.89 bits per heavy atom. The Bertz CT molecular complexity index is 410. The molecule has 4 nitrogen and oxygen atoms in total. The number of carbonyl (C=O) groups is 1. The van der Waals surface area contributed by atoms with Crippen LogP contribution in [0.3, 0.4) is 0 Å². The van der Waals surface area contributed by atoms with Crippen molar-refractivity contribution in [1.29, 1.82) is 0 Å². The van der Waals surface area contributed by atoms with Gasteiger partial charge in [0.05, 0.1) is 6.61 Å². The van der Waals surface area contributed by atoms with Crippen LogP contribution >= 0.6 is 15.9 Å². The van der Waals surface area contributed by atoms with Crippen LogP contribution in [0.2, 0.25) is 0 Å². The summed E-state index contributed by atoms with van der Waals surface area (Å²) >= 11 is 3.47. The van der Waals surface area contributed by atoms with Crippen molar-refractivity contribution >= 4 is 21.9 Å². The number of halogens is 1. The number of esters is 1. The van der Waals surface area contributed by atoms with E-state index >= 15 is 0 Å². The Morgan fingerprint density at radius 2 is 2.21 bits per heavy atom. The lowest BCUT2D eigenvalue weighted by atomic mass is 10.2. The Labute approximate surface area is 122 Å². The third-order valence-electron chi connectivity index (χ3n) is 2.50. The van der Waals surface area contributed by atoms with Gasteiger partial charge in [-0.15, -0.1) is 0 Å². The summed E-state index contributed by atoms with van der Waals surface area (Å²) in [5.74, 6) is 0.340. The third-order valence-corrected chi connectivity index (χ3v) is 3.28. The molecule has 0 saturated heterocycles. The second-order valence-corrected chi connectivity index (χ2v) is 5.00. The molecule has 0 spiro atoms. The standard InChI is InChI=1S/C14H20BrNO3/c1-3-4-7-18-14(17)10-19-12-5-6-13(15)11(8-12)9-16-2/h5-6,8,16H,3-4,7,9-10H2,1-2H3. The molecule has 0 aliphatic carbocycles. The van der Waals surface area contributed by atoms with Crippen LogP contribution < -0.4 is 10.1 Å². The number of benzene rings is 1. The molecule has 1 N–H and O–H groups in total. The van der Waals surface area contributed by atoms with Gasteiger partial charge in [-0.25, -0.2) is 4.79 Å². The molecule has 0 heterocycles. The van der Waals surface area contributed by atoms with E-state index in [4.69, 9.17) is 9.47 Å². The lowest BCUT2D eigenvalue weighted by Crippen LogP contribution is -2.15. The third kappa shape index (κ3) is 6.07. The maximum atomic E-state index is 11.4. The fraction of sp³-hybridized carbons (Fsp3) is 0.500. The fourth-order valence-electron chi connectivity index (χ4n) is 1.48. The fourth-order valence-corrected chi connectivity index (χ4v) is 1.87. The lowest BCUT2D eigenvalue weighted by Gasteiger charge is -2.09. The summed E-state index contributed by atoms with van der Waals surface area (Å²) in [6.07, 6.45) is 1.89. The van der Waals surface area contributed by atoms with E-state index in [-0.39, 0.29) is 12.6 Å². The van der Waals surface area contributed by atoms with Crippen molar-refractivity contribution < 1.29 is 14.3 Å². The van der Waals surface area contributed by atoms with Gasteiger partial charge in [0.25, 0.3) is 0 Å². The average Bonchev–Trinajstić information content (AvgIpc) is 2.40. The van der Waals surface area contributed by atoms with E-state index in [1.165, 1.54) is 0 Å². The first-order valence-electron chi connectivity index (χ1n) is 6.38. The molecule has 106 valence electrons. The number of hydrogen-bond donors (Lipinski definition) is 1. The average molecular weight is 330 g/mol. The molecule has 0 amide bonds. The molecule has 0 unspecified atom stereocenters. The number of ether oxygens (including phenoxy) is 2. The first-order chi connectivity index (χ1) is 9.17. The van der Waals surface area contributed by atoms with Crippen molar-refractivity contribution in [3.8, 4) is 5.75 Å². The van der Waals surface area contributed by atoms with Gasteiger partial charge in [0.15, 0.2) is 6.61 Å². The lowest BCUT2D eigenvalue weighted by molar-refractivity contribution is -0.146. The van der Waals surface area contributed by atoms with Gasteiger partial charge < -0.3 is 14.8 Å². The molecule has 0 aliphatic heterocycles. The summed E-state index contributed by atoms with van der Waals surface area (Å²) in [5, 5.41) is 3.07. The SMILES string of the molecule is CCCCOC(=O)COc1ccc(Br)c(CNC)c1. The van der Waals surface area contributed by atoms with Crippen LogP contribution in [0.4, 0.5) is 0 Å². The molecule has 0 aliphatic rings. The number of carbonyl (C=O) groups excluding carboxylic acids is 1. The second kappa shape index (κ2) is 8.93. The highest BCUT2D eigenvalue weighted by Crippen LogP contribution is 2.22. The van der Waals surface area contributed by atoms with Crippen molar-refractivity contribution in [2.45, 2.75) is 26.3 Å². The van der Waals surface area contributed by atoms with E-state index in [2.05, 4.69) is 28.2 Å². The Kier molecular flexibility index (Phi) is 7.52. The Balaban J connectivity index is 2.44. The van der Waals surface area contributed by atoms with E-state index in [0.717, 1.165) is 29.4 Å². The number of hydrogen-bond acceptors (Lipinski definition) is 4. The van der Waals surface area contributed by atoms with Gasteiger partial charge in [-0.2, -0.15) is 0 Å². The van der Waals surface area contributed by atoms with Crippen LogP contribution in [0.15, 0.2) is 22.7 Å². The Hall–Kier alpha value is -1.07. The van der Waals surface area contributed by atoms with Crippen molar-refractivity contribution in [1.82, 2.24) is 5.32 Å². The van der Waals surface area contributed by atoms with Gasteiger partial charge in [-0.3, -0.25) is 0 Å². The summed E-state index contributed by atoms with van der Waals surface area (Å²) in [7, 11) is 1.88. The predicted molar refractivity (Wildman–Crippen MR) is 78.3 cm³/mol. The Morgan fingerprint density at radius 1 is 1.42 bits per heavy atom. The zero-order valence-corrected chi connectivity index (χ0v) is 13.0. The highest BCUT2D eigenvalue weighted by atomic mass is 79.9. The van der Waals surface area contributed by atoms with Crippen LogP contribution in [0.25, 0.3) is 0 Å². The molecular formula is C14H20BrNO3. The van der Waals surface area contributed by atoms with Crippen LogP contribution in [0, 0.1) is 0 Å². The van der Waals surface area contributed by atoms with E-state index in [1.807, 2.05) is 25.2 Å². The van der Waals surface area contributed by atoms with E-state index in [9.17, 15) is 4.79 Å². The van der Waals surface area contributed by atoms with Crippen molar-refractivity contribution in [2.75, 3.05) is 20.3 Å². The number of rotatable bonds is 8. The summed E-state index contributed by atoms with van der Waals surface area (Å²) < 4.78 is 11.5.